The number of rotatable bonds is 9. The largest absolute Gasteiger partial charge is 0.493 e. The molecule has 28 heavy (non-hydrogen) atoms. The van der Waals surface area contributed by atoms with Crippen molar-refractivity contribution in [3.8, 4) is 11.5 Å². The Bertz CT molecular complexity index is 717. The van der Waals surface area contributed by atoms with Crippen LogP contribution in [0.2, 0.25) is 0 Å². The van der Waals surface area contributed by atoms with Crippen LogP contribution in [0, 0.1) is 0 Å². The molecule has 0 radical (unpaired) electrons. The lowest BCUT2D eigenvalue weighted by molar-refractivity contribution is 0.0161. The molecule has 1 N–H and O–H groups in total. The number of nitrogens with one attached hydrogen (secondary N) is 1. The molecule has 1 fully saturated rings. The Balaban J connectivity index is 1.70. The molecular weight excluding hydrogens is 352 g/mol. The van der Waals surface area contributed by atoms with E-state index in [9.17, 15) is 0 Å². The van der Waals surface area contributed by atoms with E-state index in [1.807, 2.05) is 6.07 Å². The minimum absolute atomic E-state index is 0.270. The first-order valence-corrected chi connectivity index (χ1v) is 10.0. The molecule has 0 spiro atoms. The predicted octanol–water partition coefficient (Wildman–Crippen LogP) is 3.47. The SMILES string of the molecule is COc1ccc(C(CNCC(C)c2ccccc2)N2CCOCC2)cc1OC. The number of methoxy groups -OCH3 is 2. The Labute approximate surface area is 168 Å². The summed E-state index contributed by atoms with van der Waals surface area (Å²) in [6, 6.07) is 17.2. The Kier molecular flexibility index (Phi) is 7.71. The fourth-order valence-electron chi connectivity index (χ4n) is 3.74. The van der Waals surface area contributed by atoms with Crippen LogP contribution in [0.4, 0.5) is 0 Å². The van der Waals surface area contributed by atoms with Crippen LogP contribution in [0.5, 0.6) is 11.5 Å². The number of morpholine rings is 1. The van der Waals surface area contributed by atoms with Crippen molar-refractivity contribution in [3.05, 3.63) is 59.7 Å². The molecule has 2 aromatic carbocycles. The van der Waals surface area contributed by atoms with E-state index < -0.39 is 0 Å². The summed E-state index contributed by atoms with van der Waals surface area (Å²) in [4.78, 5) is 2.49. The van der Waals surface area contributed by atoms with Gasteiger partial charge in [0.15, 0.2) is 11.5 Å². The van der Waals surface area contributed by atoms with Gasteiger partial charge in [-0.2, -0.15) is 0 Å². The molecule has 0 aromatic heterocycles. The second-order valence-corrected chi connectivity index (χ2v) is 7.25. The zero-order chi connectivity index (χ0) is 19.8. The lowest BCUT2D eigenvalue weighted by atomic mass is 10.0. The van der Waals surface area contributed by atoms with E-state index in [4.69, 9.17) is 14.2 Å². The van der Waals surface area contributed by atoms with E-state index in [1.165, 1.54) is 11.1 Å². The maximum absolute atomic E-state index is 5.56. The maximum Gasteiger partial charge on any atom is 0.161 e. The molecule has 0 aliphatic carbocycles. The second-order valence-electron chi connectivity index (χ2n) is 7.25. The van der Waals surface area contributed by atoms with Crippen LogP contribution in [0.25, 0.3) is 0 Å². The van der Waals surface area contributed by atoms with Crippen LogP contribution in [-0.4, -0.2) is 58.5 Å². The number of hydrogen-bond donors (Lipinski definition) is 1. The van der Waals surface area contributed by atoms with Gasteiger partial charge in [0.05, 0.1) is 27.4 Å². The van der Waals surface area contributed by atoms with Crippen molar-refractivity contribution >= 4 is 0 Å². The summed E-state index contributed by atoms with van der Waals surface area (Å²) in [6.45, 7) is 7.53. The van der Waals surface area contributed by atoms with Gasteiger partial charge in [-0.25, -0.2) is 0 Å². The van der Waals surface area contributed by atoms with Gasteiger partial charge in [-0.1, -0.05) is 43.3 Å². The van der Waals surface area contributed by atoms with Crippen molar-refractivity contribution in [1.82, 2.24) is 10.2 Å². The third-order valence-corrected chi connectivity index (χ3v) is 5.44. The molecule has 1 aliphatic heterocycles. The summed E-state index contributed by atoms with van der Waals surface area (Å²) in [7, 11) is 3.36. The normalized spacial score (nSPS) is 17.1. The maximum atomic E-state index is 5.56. The van der Waals surface area contributed by atoms with Gasteiger partial charge in [0.2, 0.25) is 0 Å². The lowest BCUT2D eigenvalue weighted by Crippen LogP contribution is -2.43. The van der Waals surface area contributed by atoms with E-state index in [2.05, 4.69) is 59.6 Å². The van der Waals surface area contributed by atoms with Gasteiger partial charge in [-0.3, -0.25) is 4.90 Å². The fraction of sp³-hybridized carbons (Fsp3) is 0.478. The Hall–Kier alpha value is -2.08. The molecule has 5 heteroatoms. The zero-order valence-corrected chi connectivity index (χ0v) is 17.2. The summed E-state index contributed by atoms with van der Waals surface area (Å²) < 4.78 is 16.5. The third-order valence-electron chi connectivity index (χ3n) is 5.44. The van der Waals surface area contributed by atoms with Gasteiger partial charge < -0.3 is 19.5 Å². The minimum Gasteiger partial charge on any atom is -0.493 e. The van der Waals surface area contributed by atoms with Crippen molar-refractivity contribution in [3.63, 3.8) is 0 Å². The summed E-state index contributed by atoms with van der Waals surface area (Å²) >= 11 is 0. The Morgan fingerprint density at radius 3 is 2.32 bits per heavy atom. The molecule has 1 saturated heterocycles. The molecule has 152 valence electrons. The smallest absolute Gasteiger partial charge is 0.161 e. The zero-order valence-electron chi connectivity index (χ0n) is 17.2. The molecule has 2 unspecified atom stereocenters. The highest BCUT2D eigenvalue weighted by Crippen LogP contribution is 2.32. The van der Waals surface area contributed by atoms with E-state index in [0.717, 1.165) is 50.9 Å². The quantitative estimate of drug-likeness (QED) is 0.717. The molecule has 1 heterocycles. The van der Waals surface area contributed by atoms with Gasteiger partial charge in [0.25, 0.3) is 0 Å². The number of ether oxygens (including phenoxy) is 3. The van der Waals surface area contributed by atoms with E-state index in [0.29, 0.717) is 5.92 Å². The van der Waals surface area contributed by atoms with Gasteiger partial charge in [-0.15, -0.1) is 0 Å². The first-order valence-electron chi connectivity index (χ1n) is 10.0. The second kappa shape index (κ2) is 10.5. The number of hydrogen-bond acceptors (Lipinski definition) is 5. The molecular formula is C23H32N2O3. The topological polar surface area (TPSA) is 43.0 Å². The molecule has 2 aromatic rings. The highest BCUT2D eigenvalue weighted by Gasteiger charge is 2.23. The van der Waals surface area contributed by atoms with Gasteiger partial charge >= 0.3 is 0 Å². The Morgan fingerprint density at radius 1 is 0.929 bits per heavy atom. The van der Waals surface area contributed by atoms with Gasteiger partial charge in [-0.05, 0) is 29.2 Å². The standard InChI is InChI=1S/C23H32N2O3/c1-18(19-7-5-4-6-8-19)16-24-17-21(25-11-13-28-14-12-25)20-9-10-22(26-2)23(15-20)27-3/h4-10,15,18,21,24H,11-14,16-17H2,1-3H3. The first kappa shape index (κ1) is 20.6. The number of nitrogens with zero attached hydrogens (tertiary/aromatic N) is 1. The van der Waals surface area contributed by atoms with Crippen LogP contribution < -0.4 is 14.8 Å². The van der Waals surface area contributed by atoms with Gasteiger partial charge in [0.1, 0.15) is 0 Å². The number of benzene rings is 2. The van der Waals surface area contributed by atoms with E-state index in [1.54, 1.807) is 14.2 Å². The van der Waals surface area contributed by atoms with Crippen LogP contribution in [0.15, 0.2) is 48.5 Å². The summed E-state index contributed by atoms with van der Waals surface area (Å²) in [6.07, 6.45) is 0. The predicted molar refractivity (Wildman–Crippen MR) is 112 cm³/mol. The van der Waals surface area contributed by atoms with Crippen molar-refractivity contribution in [2.24, 2.45) is 0 Å². The van der Waals surface area contributed by atoms with Gasteiger partial charge in [0, 0.05) is 32.2 Å². The summed E-state index contributed by atoms with van der Waals surface area (Å²) in [5.74, 6) is 2.01. The highest BCUT2D eigenvalue weighted by atomic mass is 16.5. The molecule has 1 aliphatic rings. The molecule has 5 nitrogen and oxygen atoms in total. The van der Waals surface area contributed by atoms with Crippen molar-refractivity contribution in [2.45, 2.75) is 18.9 Å². The van der Waals surface area contributed by atoms with Crippen LogP contribution in [0.3, 0.4) is 0 Å². The van der Waals surface area contributed by atoms with E-state index >= 15 is 0 Å². The molecule has 0 bridgehead atoms. The summed E-state index contributed by atoms with van der Waals surface area (Å²) in [5.41, 5.74) is 2.60. The van der Waals surface area contributed by atoms with Crippen molar-refractivity contribution < 1.29 is 14.2 Å². The first-order chi connectivity index (χ1) is 13.7. The van der Waals surface area contributed by atoms with Crippen molar-refractivity contribution in [1.29, 1.82) is 0 Å². The molecule has 2 atom stereocenters. The van der Waals surface area contributed by atoms with Crippen LogP contribution >= 0.6 is 0 Å². The van der Waals surface area contributed by atoms with Crippen LogP contribution in [0.1, 0.15) is 30.0 Å². The monoisotopic (exact) mass is 384 g/mol. The average Bonchev–Trinajstić information content (AvgIpc) is 2.77. The van der Waals surface area contributed by atoms with Crippen LogP contribution in [-0.2, 0) is 4.74 Å². The average molecular weight is 385 g/mol. The lowest BCUT2D eigenvalue weighted by Gasteiger charge is -2.35. The van der Waals surface area contributed by atoms with E-state index in [-0.39, 0.29) is 6.04 Å². The Morgan fingerprint density at radius 2 is 1.64 bits per heavy atom. The van der Waals surface area contributed by atoms with Crippen molar-refractivity contribution in [2.75, 3.05) is 53.6 Å². The summed E-state index contributed by atoms with van der Waals surface area (Å²) in [5, 5.41) is 3.69. The third kappa shape index (κ3) is 5.25. The molecule has 3 rings (SSSR count). The molecule has 0 amide bonds. The fourth-order valence-corrected chi connectivity index (χ4v) is 3.74. The minimum atomic E-state index is 0.270. The molecule has 0 saturated carbocycles. The highest BCUT2D eigenvalue weighted by molar-refractivity contribution is 5.44.